The van der Waals surface area contributed by atoms with Crippen molar-refractivity contribution < 1.29 is 0 Å². The van der Waals surface area contributed by atoms with Crippen LogP contribution in [0.3, 0.4) is 0 Å². The maximum Gasteiger partial charge on any atom is 0.0782 e. The predicted octanol–water partition coefficient (Wildman–Crippen LogP) is 15.9. The van der Waals surface area contributed by atoms with Gasteiger partial charge in [-0.25, -0.2) is 0 Å². The van der Waals surface area contributed by atoms with Gasteiger partial charge >= 0.3 is 0 Å². The van der Waals surface area contributed by atoms with Crippen LogP contribution in [-0.2, 0) is 0 Å². The van der Waals surface area contributed by atoms with Gasteiger partial charge in [-0.15, -0.1) is 0 Å². The van der Waals surface area contributed by atoms with Crippen molar-refractivity contribution in [2.75, 3.05) is 4.90 Å². The summed E-state index contributed by atoms with van der Waals surface area (Å²) in [6.07, 6.45) is 6.48. The zero-order valence-corrected chi connectivity index (χ0v) is 32.6. The highest BCUT2D eigenvalue weighted by Gasteiger charge is 2.25. The van der Waals surface area contributed by atoms with Crippen molar-refractivity contribution in [1.29, 1.82) is 0 Å². The molecule has 278 valence electrons. The standard InChI is InChI=1S/C56H44N2/c1-3-17-41(18-4-1)47-26-13-20-42-21-14-27-50(55(42)47)48-24-9-11-29-52(48)57(46-36-34-40(35-37-46)44-33-32-39-16-7-8-19-43(39)38-44)54-31-15-28-51-49-25-10-12-30-53(49)58(56(51)54)45-22-5-2-6-23-45/h2,5-16,19-38,41H,1,3-4,17-18H2. The van der Waals surface area contributed by atoms with Crippen LogP contribution in [0.15, 0.2) is 200 Å². The molecule has 0 saturated heterocycles. The van der Waals surface area contributed by atoms with Crippen molar-refractivity contribution >= 4 is 60.4 Å². The van der Waals surface area contributed by atoms with Crippen molar-refractivity contribution in [3.63, 3.8) is 0 Å². The molecular formula is C56H44N2. The number of nitrogens with zero attached hydrogens (tertiary/aromatic N) is 2. The van der Waals surface area contributed by atoms with Crippen LogP contribution in [0.25, 0.3) is 71.3 Å². The van der Waals surface area contributed by atoms with Gasteiger partial charge in [-0.2, -0.15) is 0 Å². The molecule has 2 nitrogen and oxygen atoms in total. The molecule has 1 aliphatic rings. The van der Waals surface area contributed by atoms with Gasteiger partial charge in [0.2, 0.25) is 0 Å². The Hall–Kier alpha value is -6.90. The van der Waals surface area contributed by atoms with E-state index in [-0.39, 0.29) is 0 Å². The van der Waals surface area contributed by atoms with E-state index in [0.29, 0.717) is 5.92 Å². The minimum atomic E-state index is 0.583. The number of anilines is 3. The fourth-order valence-corrected chi connectivity index (χ4v) is 9.85. The molecule has 0 amide bonds. The minimum Gasteiger partial charge on any atom is -0.308 e. The molecule has 11 rings (SSSR count). The third kappa shape index (κ3) is 5.87. The van der Waals surface area contributed by atoms with E-state index in [4.69, 9.17) is 0 Å². The van der Waals surface area contributed by atoms with E-state index in [1.54, 1.807) is 0 Å². The molecule has 1 aliphatic carbocycles. The van der Waals surface area contributed by atoms with E-state index in [0.717, 1.165) is 22.7 Å². The van der Waals surface area contributed by atoms with E-state index < -0.39 is 0 Å². The van der Waals surface area contributed by atoms with E-state index in [1.807, 2.05) is 0 Å². The molecule has 1 heterocycles. The summed E-state index contributed by atoms with van der Waals surface area (Å²) in [6, 6.07) is 74.1. The molecule has 0 unspecified atom stereocenters. The zero-order chi connectivity index (χ0) is 38.4. The topological polar surface area (TPSA) is 8.17 Å². The lowest BCUT2D eigenvalue weighted by atomic mass is 9.80. The van der Waals surface area contributed by atoms with E-state index in [1.165, 1.54) is 103 Å². The molecule has 0 N–H and O–H groups in total. The highest BCUT2D eigenvalue weighted by Crippen LogP contribution is 2.48. The molecule has 0 radical (unpaired) electrons. The Morgan fingerprint density at radius 1 is 0.431 bits per heavy atom. The highest BCUT2D eigenvalue weighted by molar-refractivity contribution is 6.15. The first kappa shape index (κ1) is 34.4. The molecule has 0 spiro atoms. The van der Waals surface area contributed by atoms with Crippen molar-refractivity contribution in [2.45, 2.75) is 38.0 Å². The van der Waals surface area contributed by atoms with Crippen LogP contribution >= 0.6 is 0 Å². The Balaban J connectivity index is 1.17. The first-order valence-electron chi connectivity index (χ1n) is 20.9. The largest absolute Gasteiger partial charge is 0.308 e. The monoisotopic (exact) mass is 744 g/mol. The summed E-state index contributed by atoms with van der Waals surface area (Å²) >= 11 is 0. The number of aromatic nitrogens is 1. The molecule has 58 heavy (non-hydrogen) atoms. The van der Waals surface area contributed by atoms with Crippen LogP contribution in [0.5, 0.6) is 0 Å². The summed E-state index contributed by atoms with van der Waals surface area (Å²) < 4.78 is 2.46. The average molecular weight is 745 g/mol. The van der Waals surface area contributed by atoms with Crippen molar-refractivity contribution in [3.8, 4) is 27.9 Å². The maximum absolute atomic E-state index is 2.52. The Morgan fingerprint density at radius 2 is 1.07 bits per heavy atom. The molecule has 1 fully saturated rings. The molecule has 0 atom stereocenters. The molecular weight excluding hydrogens is 701 g/mol. The fourth-order valence-electron chi connectivity index (χ4n) is 9.85. The lowest BCUT2D eigenvalue weighted by molar-refractivity contribution is 0.445. The third-order valence-corrected chi connectivity index (χ3v) is 12.6. The summed E-state index contributed by atoms with van der Waals surface area (Å²) in [5.41, 5.74) is 13.4. The molecule has 9 aromatic carbocycles. The molecule has 0 bridgehead atoms. The molecule has 10 aromatic rings. The minimum absolute atomic E-state index is 0.583. The third-order valence-electron chi connectivity index (χ3n) is 12.6. The van der Waals surface area contributed by atoms with Crippen LogP contribution in [0.2, 0.25) is 0 Å². The Labute approximate surface area is 340 Å². The number of rotatable bonds is 7. The second-order valence-corrected chi connectivity index (χ2v) is 15.9. The van der Waals surface area contributed by atoms with Crippen molar-refractivity contribution in [2.24, 2.45) is 0 Å². The van der Waals surface area contributed by atoms with Gasteiger partial charge in [0.05, 0.1) is 22.4 Å². The van der Waals surface area contributed by atoms with Gasteiger partial charge in [0, 0.05) is 27.7 Å². The van der Waals surface area contributed by atoms with Gasteiger partial charge < -0.3 is 9.47 Å². The second-order valence-electron chi connectivity index (χ2n) is 15.9. The summed E-state index contributed by atoms with van der Waals surface area (Å²) in [5.74, 6) is 0.583. The van der Waals surface area contributed by atoms with E-state index in [9.17, 15) is 0 Å². The van der Waals surface area contributed by atoms with Crippen LogP contribution in [0.1, 0.15) is 43.6 Å². The molecule has 0 aliphatic heterocycles. The predicted molar refractivity (Wildman–Crippen MR) is 247 cm³/mol. The summed E-state index contributed by atoms with van der Waals surface area (Å²) in [5, 5.41) is 7.70. The first-order chi connectivity index (χ1) is 28.8. The van der Waals surface area contributed by atoms with Crippen LogP contribution < -0.4 is 4.90 Å². The van der Waals surface area contributed by atoms with E-state index >= 15 is 0 Å². The van der Waals surface area contributed by atoms with Gasteiger partial charge in [-0.3, -0.25) is 0 Å². The normalized spacial score (nSPS) is 13.4. The number of fused-ring (bicyclic) bond motifs is 5. The Morgan fingerprint density at radius 3 is 1.93 bits per heavy atom. The summed E-state index contributed by atoms with van der Waals surface area (Å²) in [4.78, 5) is 2.52. The lowest BCUT2D eigenvalue weighted by Gasteiger charge is -2.30. The average Bonchev–Trinajstić information content (AvgIpc) is 3.65. The Kier molecular flexibility index (Phi) is 8.62. The van der Waals surface area contributed by atoms with Gasteiger partial charge in [0.25, 0.3) is 0 Å². The number of benzene rings is 9. The zero-order valence-electron chi connectivity index (χ0n) is 32.6. The molecule has 2 heteroatoms. The Bertz CT molecular complexity index is 3090. The molecule has 1 aromatic heterocycles. The van der Waals surface area contributed by atoms with E-state index in [2.05, 4.69) is 210 Å². The fraction of sp³-hybridized carbons (Fsp3) is 0.107. The van der Waals surface area contributed by atoms with Gasteiger partial charge in [0.15, 0.2) is 0 Å². The highest BCUT2D eigenvalue weighted by atomic mass is 15.2. The molecule has 1 saturated carbocycles. The number of hydrogen-bond donors (Lipinski definition) is 0. The summed E-state index contributed by atoms with van der Waals surface area (Å²) in [6.45, 7) is 0. The quantitative estimate of drug-likeness (QED) is 0.158. The number of para-hydroxylation sites is 4. The van der Waals surface area contributed by atoms with Crippen molar-refractivity contribution in [3.05, 3.63) is 206 Å². The van der Waals surface area contributed by atoms with Crippen molar-refractivity contribution in [1.82, 2.24) is 4.57 Å². The van der Waals surface area contributed by atoms with Gasteiger partial charge in [0.1, 0.15) is 0 Å². The van der Waals surface area contributed by atoms with Gasteiger partial charge in [-0.05, 0) is 111 Å². The lowest BCUT2D eigenvalue weighted by Crippen LogP contribution is -2.13. The van der Waals surface area contributed by atoms with Crippen LogP contribution in [-0.4, -0.2) is 4.57 Å². The summed E-state index contributed by atoms with van der Waals surface area (Å²) in [7, 11) is 0. The smallest absolute Gasteiger partial charge is 0.0782 e. The maximum atomic E-state index is 2.52. The van der Waals surface area contributed by atoms with Gasteiger partial charge in [-0.1, -0.05) is 171 Å². The SMILES string of the molecule is c1ccc(-n2c3ccccc3c3cccc(N(c4ccc(-c5ccc6ccccc6c5)cc4)c4ccccc4-c4cccc5cccc(C6CCCCC6)c45)c32)cc1. The first-order valence-corrected chi connectivity index (χ1v) is 20.9. The number of hydrogen-bond acceptors (Lipinski definition) is 1. The second kappa shape index (κ2) is 14.6. The van der Waals surface area contributed by atoms with Crippen LogP contribution in [0.4, 0.5) is 17.1 Å². The van der Waals surface area contributed by atoms with Crippen LogP contribution in [0, 0.1) is 0 Å².